The third kappa shape index (κ3) is 1.59. The van der Waals surface area contributed by atoms with E-state index in [9.17, 15) is 0 Å². The molecule has 2 rings (SSSR count). The zero-order valence-electron chi connectivity index (χ0n) is 9.67. The first-order valence-electron chi connectivity index (χ1n) is 5.18. The lowest BCUT2D eigenvalue weighted by molar-refractivity contribution is 0.322. The van der Waals surface area contributed by atoms with Crippen LogP contribution in [0.1, 0.15) is 22.9 Å². The summed E-state index contributed by atoms with van der Waals surface area (Å²) in [5.41, 5.74) is 2.23. The van der Waals surface area contributed by atoms with Gasteiger partial charge in [-0.25, -0.2) is 0 Å². The Morgan fingerprint density at radius 2 is 1.81 bits per heavy atom. The van der Waals surface area contributed by atoms with Crippen LogP contribution in [0.5, 0.6) is 17.2 Å². The van der Waals surface area contributed by atoms with Gasteiger partial charge in [0.2, 0.25) is 5.75 Å². The predicted molar refractivity (Wildman–Crippen MR) is 63.0 cm³/mol. The Kier molecular flexibility index (Phi) is 3.15. The van der Waals surface area contributed by atoms with Crippen molar-refractivity contribution in [2.24, 2.45) is 0 Å². The molecular formula is C12H15ClO3. The maximum absolute atomic E-state index is 6.27. The van der Waals surface area contributed by atoms with Gasteiger partial charge in [-0.15, -0.1) is 11.6 Å². The molecule has 0 aromatic heterocycles. The number of fused-ring (bicyclic) bond motifs is 1. The molecule has 16 heavy (non-hydrogen) atoms. The second kappa shape index (κ2) is 4.42. The lowest BCUT2D eigenvalue weighted by atomic mass is 10.1. The number of hydrogen-bond donors (Lipinski definition) is 0. The van der Waals surface area contributed by atoms with E-state index in [2.05, 4.69) is 0 Å². The third-order valence-electron chi connectivity index (χ3n) is 2.93. The van der Waals surface area contributed by atoms with Crippen molar-refractivity contribution in [3.05, 3.63) is 17.2 Å². The summed E-state index contributed by atoms with van der Waals surface area (Å²) >= 11 is 6.27. The zero-order chi connectivity index (χ0) is 11.7. The van der Waals surface area contributed by atoms with E-state index in [1.807, 2.05) is 6.07 Å². The van der Waals surface area contributed by atoms with Gasteiger partial charge in [0, 0.05) is 5.56 Å². The Hall–Kier alpha value is -1.09. The number of benzene rings is 1. The van der Waals surface area contributed by atoms with Crippen LogP contribution in [0.4, 0.5) is 0 Å². The van der Waals surface area contributed by atoms with Gasteiger partial charge < -0.3 is 14.2 Å². The molecule has 1 aromatic carbocycles. The molecule has 4 heteroatoms. The largest absolute Gasteiger partial charge is 0.493 e. The second-order valence-electron chi connectivity index (χ2n) is 3.72. The molecule has 0 aliphatic heterocycles. The lowest BCUT2D eigenvalue weighted by Crippen LogP contribution is -1.99. The van der Waals surface area contributed by atoms with E-state index >= 15 is 0 Å². The molecule has 0 fully saturated rings. The molecule has 88 valence electrons. The highest BCUT2D eigenvalue weighted by Gasteiger charge is 2.29. The summed E-state index contributed by atoms with van der Waals surface area (Å²) < 4.78 is 16.0. The molecule has 0 bridgehead atoms. The molecule has 1 aliphatic rings. The van der Waals surface area contributed by atoms with Gasteiger partial charge in [0.05, 0.1) is 26.7 Å². The van der Waals surface area contributed by atoms with E-state index in [0.717, 1.165) is 18.4 Å². The van der Waals surface area contributed by atoms with Crippen LogP contribution in [0.2, 0.25) is 0 Å². The van der Waals surface area contributed by atoms with Gasteiger partial charge in [-0.2, -0.15) is 0 Å². The summed E-state index contributed by atoms with van der Waals surface area (Å²) in [6, 6.07) is 1.99. The standard InChI is InChI=1S/C12H15ClO3/c1-14-9-6-7-4-5-8(13)10(7)12(16-3)11(9)15-2/h6,8H,4-5H2,1-3H3. The van der Waals surface area contributed by atoms with Crippen LogP contribution >= 0.6 is 11.6 Å². The normalized spacial score (nSPS) is 18.1. The molecule has 1 aliphatic carbocycles. The van der Waals surface area contributed by atoms with Crippen molar-refractivity contribution in [3.8, 4) is 17.2 Å². The average Bonchev–Trinajstić information content (AvgIpc) is 2.68. The van der Waals surface area contributed by atoms with Crippen LogP contribution < -0.4 is 14.2 Å². The molecule has 1 atom stereocenters. The van der Waals surface area contributed by atoms with Crippen LogP contribution in [0, 0.1) is 0 Å². The van der Waals surface area contributed by atoms with Crippen molar-refractivity contribution in [3.63, 3.8) is 0 Å². The smallest absolute Gasteiger partial charge is 0.203 e. The molecule has 0 amide bonds. The van der Waals surface area contributed by atoms with E-state index in [-0.39, 0.29) is 5.38 Å². The highest BCUT2D eigenvalue weighted by molar-refractivity contribution is 6.21. The fourth-order valence-corrected chi connectivity index (χ4v) is 2.55. The summed E-state index contributed by atoms with van der Waals surface area (Å²) in [4.78, 5) is 0. The maximum Gasteiger partial charge on any atom is 0.203 e. The van der Waals surface area contributed by atoms with Crippen molar-refractivity contribution in [1.82, 2.24) is 0 Å². The minimum Gasteiger partial charge on any atom is -0.493 e. The van der Waals surface area contributed by atoms with Crippen molar-refractivity contribution < 1.29 is 14.2 Å². The zero-order valence-corrected chi connectivity index (χ0v) is 10.4. The van der Waals surface area contributed by atoms with Crippen molar-refractivity contribution in [2.75, 3.05) is 21.3 Å². The minimum absolute atomic E-state index is 0.00440. The number of alkyl halides is 1. The summed E-state index contributed by atoms with van der Waals surface area (Å²) in [5.74, 6) is 2.02. The van der Waals surface area contributed by atoms with Crippen LogP contribution in [-0.2, 0) is 6.42 Å². The number of hydrogen-bond acceptors (Lipinski definition) is 3. The summed E-state index contributed by atoms with van der Waals surface area (Å²) in [5, 5.41) is 0.00440. The number of aryl methyl sites for hydroxylation is 1. The lowest BCUT2D eigenvalue weighted by Gasteiger charge is -2.17. The molecule has 1 aromatic rings. The van der Waals surface area contributed by atoms with E-state index in [1.165, 1.54) is 5.56 Å². The summed E-state index contributed by atoms with van der Waals surface area (Å²) in [7, 11) is 4.85. The molecule has 0 N–H and O–H groups in total. The molecule has 0 radical (unpaired) electrons. The van der Waals surface area contributed by atoms with Gasteiger partial charge in [0.25, 0.3) is 0 Å². The first kappa shape index (κ1) is 11.4. The third-order valence-corrected chi connectivity index (χ3v) is 3.37. The van der Waals surface area contributed by atoms with Crippen LogP contribution in [0.25, 0.3) is 0 Å². The fraction of sp³-hybridized carbons (Fsp3) is 0.500. The van der Waals surface area contributed by atoms with Crippen LogP contribution in [0.15, 0.2) is 6.07 Å². The Morgan fingerprint density at radius 3 is 2.38 bits per heavy atom. The Morgan fingerprint density at radius 1 is 1.12 bits per heavy atom. The average molecular weight is 243 g/mol. The molecule has 1 unspecified atom stereocenters. The van der Waals surface area contributed by atoms with Gasteiger partial charge in [-0.05, 0) is 24.5 Å². The SMILES string of the molecule is COc1cc2c(c(OC)c1OC)C(Cl)CC2. The van der Waals surface area contributed by atoms with Gasteiger partial charge in [0.15, 0.2) is 11.5 Å². The van der Waals surface area contributed by atoms with Crippen molar-refractivity contribution >= 4 is 11.6 Å². The monoisotopic (exact) mass is 242 g/mol. The summed E-state index contributed by atoms with van der Waals surface area (Å²) in [6.45, 7) is 0. The molecular weight excluding hydrogens is 228 g/mol. The van der Waals surface area contributed by atoms with Gasteiger partial charge in [-0.1, -0.05) is 0 Å². The summed E-state index contributed by atoms with van der Waals surface area (Å²) in [6.07, 6.45) is 1.89. The molecule has 3 nitrogen and oxygen atoms in total. The Labute approximate surface area is 100 Å². The van der Waals surface area contributed by atoms with E-state index in [4.69, 9.17) is 25.8 Å². The number of methoxy groups -OCH3 is 3. The van der Waals surface area contributed by atoms with Gasteiger partial charge in [0.1, 0.15) is 0 Å². The van der Waals surface area contributed by atoms with Crippen LogP contribution in [0.3, 0.4) is 0 Å². The van der Waals surface area contributed by atoms with E-state index < -0.39 is 0 Å². The van der Waals surface area contributed by atoms with Crippen molar-refractivity contribution in [2.45, 2.75) is 18.2 Å². The van der Waals surface area contributed by atoms with Gasteiger partial charge in [-0.3, -0.25) is 0 Å². The molecule has 0 spiro atoms. The predicted octanol–water partition coefficient (Wildman–Crippen LogP) is 2.94. The Bertz CT molecular complexity index is 403. The molecule has 0 heterocycles. The first-order valence-corrected chi connectivity index (χ1v) is 5.62. The van der Waals surface area contributed by atoms with E-state index in [0.29, 0.717) is 17.2 Å². The van der Waals surface area contributed by atoms with E-state index in [1.54, 1.807) is 21.3 Å². The minimum atomic E-state index is 0.00440. The maximum atomic E-state index is 6.27. The topological polar surface area (TPSA) is 27.7 Å². The van der Waals surface area contributed by atoms with Crippen LogP contribution in [-0.4, -0.2) is 21.3 Å². The number of rotatable bonds is 3. The Balaban J connectivity index is 2.65. The second-order valence-corrected chi connectivity index (χ2v) is 4.25. The van der Waals surface area contributed by atoms with Gasteiger partial charge >= 0.3 is 0 Å². The molecule has 0 saturated carbocycles. The number of ether oxygens (including phenoxy) is 3. The molecule has 0 saturated heterocycles. The quantitative estimate of drug-likeness (QED) is 0.763. The number of halogens is 1. The van der Waals surface area contributed by atoms with Crippen molar-refractivity contribution in [1.29, 1.82) is 0 Å². The highest BCUT2D eigenvalue weighted by atomic mass is 35.5. The highest BCUT2D eigenvalue weighted by Crippen LogP contribution is 2.50. The fourth-order valence-electron chi connectivity index (χ4n) is 2.21. The first-order chi connectivity index (χ1) is 7.72.